The molecule has 1 aliphatic carbocycles. The summed E-state index contributed by atoms with van der Waals surface area (Å²) in [6.07, 6.45) is 6.61. The number of nitrogens with zero attached hydrogens (tertiary/aromatic N) is 3. The van der Waals surface area contributed by atoms with E-state index in [9.17, 15) is 0 Å². The zero-order valence-corrected chi connectivity index (χ0v) is 12.4. The van der Waals surface area contributed by atoms with Crippen LogP contribution in [0.15, 0.2) is 23.8 Å². The van der Waals surface area contributed by atoms with E-state index in [1.165, 1.54) is 34.7 Å². The Kier molecular flexibility index (Phi) is 3.28. The molecule has 2 aromatic rings. The van der Waals surface area contributed by atoms with Gasteiger partial charge in [0.15, 0.2) is 0 Å². The maximum atomic E-state index is 4.57. The minimum absolute atomic E-state index is 0.732. The van der Waals surface area contributed by atoms with Gasteiger partial charge in [0.25, 0.3) is 0 Å². The molecule has 0 atom stereocenters. The Morgan fingerprint density at radius 1 is 1.20 bits per heavy atom. The van der Waals surface area contributed by atoms with Crippen LogP contribution in [0.25, 0.3) is 0 Å². The van der Waals surface area contributed by atoms with Gasteiger partial charge >= 0.3 is 0 Å². The van der Waals surface area contributed by atoms with Crippen molar-refractivity contribution in [2.45, 2.75) is 38.1 Å². The maximum Gasteiger partial charge on any atom is 0.115 e. The summed E-state index contributed by atoms with van der Waals surface area (Å²) in [6, 6.07) is 4.38. The average Bonchev–Trinajstić information content (AvgIpc) is 3.22. The first-order chi connectivity index (χ1) is 9.90. The van der Waals surface area contributed by atoms with E-state index in [-0.39, 0.29) is 0 Å². The lowest BCUT2D eigenvalue weighted by Gasteiger charge is -2.18. The number of fused-ring (bicyclic) bond motifs is 1. The van der Waals surface area contributed by atoms with E-state index < -0.39 is 0 Å². The monoisotopic (exact) mass is 285 g/mol. The van der Waals surface area contributed by atoms with Crippen molar-refractivity contribution >= 4 is 11.3 Å². The van der Waals surface area contributed by atoms with Crippen LogP contribution in [0.2, 0.25) is 0 Å². The summed E-state index contributed by atoms with van der Waals surface area (Å²) < 4.78 is 0. The molecule has 4 rings (SSSR count). The molecule has 0 spiro atoms. The van der Waals surface area contributed by atoms with E-state index in [0.29, 0.717) is 0 Å². The van der Waals surface area contributed by atoms with Crippen LogP contribution in [0.4, 0.5) is 0 Å². The molecule has 4 heteroatoms. The van der Waals surface area contributed by atoms with Gasteiger partial charge in [0.2, 0.25) is 0 Å². The Hall–Kier alpha value is -1.26. The summed E-state index contributed by atoms with van der Waals surface area (Å²) in [5.41, 5.74) is 4.12. The Morgan fingerprint density at radius 3 is 2.90 bits per heavy atom. The molecule has 0 unspecified atom stereocenters. The van der Waals surface area contributed by atoms with Gasteiger partial charge in [-0.3, -0.25) is 4.90 Å². The molecular weight excluding hydrogens is 266 g/mol. The molecule has 0 aromatic carbocycles. The number of thiophene rings is 1. The third-order valence-corrected chi connectivity index (χ3v) is 5.20. The van der Waals surface area contributed by atoms with E-state index >= 15 is 0 Å². The molecule has 0 radical (unpaired) electrons. The Bertz CT molecular complexity index is 590. The lowest BCUT2D eigenvalue weighted by molar-refractivity contribution is 0.281. The average molecular weight is 285 g/mol. The van der Waals surface area contributed by atoms with E-state index in [4.69, 9.17) is 0 Å². The number of hydrogen-bond donors (Lipinski definition) is 0. The lowest BCUT2D eigenvalue weighted by Crippen LogP contribution is -2.25. The SMILES string of the molecule is c1csc(CN2CCc3ncnc(C4CC4)c3CC2)c1. The molecule has 0 N–H and O–H groups in total. The largest absolute Gasteiger partial charge is 0.298 e. The van der Waals surface area contributed by atoms with Crippen LogP contribution in [0.3, 0.4) is 0 Å². The molecule has 1 saturated carbocycles. The normalized spacial score (nSPS) is 19.6. The van der Waals surface area contributed by atoms with Crippen LogP contribution in [-0.4, -0.2) is 28.0 Å². The lowest BCUT2D eigenvalue weighted by atomic mass is 10.0. The zero-order chi connectivity index (χ0) is 13.4. The fraction of sp³-hybridized carbons (Fsp3) is 0.500. The van der Waals surface area contributed by atoms with Crippen molar-refractivity contribution in [1.82, 2.24) is 14.9 Å². The highest BCUT2D eigenvalue weighted by Gasteiger charge is 2.29. The predicted octanol–water partition coefficient (Wildman–Crippen LogP) is 3.02. The molecule has 1 fully saturated rings. The minimum Gasteiger partial charge on any atom is -0.298 e. The standard InChI is InChI=1S/C16H19N3S/c1-2-13(20-9-1)10-19-7-5-14-15(6-8-19)17-11-18-16(14)12-3-4-12/h1-2,9,11-12H,3-8,10H2. The molecule has 3 heterocycles. The predicted molar refractivity (Wildman–Crippen MR) is 81.0 cm³/mol. The van der Waals surface area contributed by atoms with Crippen LogP contribution in [0.1, 0.15) is 40.6 Å². The zero-order valence-electron chi connectivity index (χ0n) is 11.6. The second-order valence-corrected chi connectivity index (χ2v) is 6.85. The fourth-order valence-corrected chi connectivity index (χ4v) is 3.83. The van der Waals surface area contributed by atoms with Gasteiger partial charge in [-0.2, -0.15) is 0 Å². The van der Waals surface area contributed by atoms with Gasteiger partial charge in [0.05, 0.1) is 5.69 Å². The van der Waals surface area contributed by atoms with Crippen molar-refractivity contribution in [3.8, 4) is 0 Å². The summed E-state index contributed by atoms with van der Waals surface area (Å²) in [7, 11) is 0. The van der Waals surface area contributed by atoms with Crippen molar-refractivity contribution in [1.29, 1.82) is 0 Å². The third-order valence-electron chi connectivity index (χ3n) is 4.33. The van der Waals surface area contributed by atoms with Crippen molar-refractivity contribution in [2.75, 3.05) is 13.1 Å². The van der Waals surface area contributed by atoms with Gasteiger partial charge in [0.1, 0.15) is 6.33 Å². The summed E-state index contributed by atoms with van der Waals surface area (Å²) in [5.74, 6) is 0.732. The summed E-state index contributed by atoms with van der Waals surface area (Å²) in [4.78, 5) is 13.1. The molecule has 1 aliphatic heterocycles. The first kappa shape index (κ1) is 12.5. The van der Waals surface area contributed by atoms with Gasteiger partial charge in [-0.1, -0.05) is 6.07 Å². The second-order valence-electron chi connectivity index (χ2n) is 5.81. The van der Waals surface area contributed by atoms with Crippen molar-refractivity contribution < 1.29 is 0 Å². The summed E-state index contributed by atoms with van der Waals surface area (Å²) >= 11 is 1.86. The molecule has 0 saturated heterocycles. The topological polar surface area (TPSA) is 29.0 Å². The third kappa shape index (κ3) is 2.50. The molecule has 3 nitrogen and oxygen atoms in total. The van der Waals surface area contributed by atoms with Crippen LogP contribution >= 0.6 is 11.3 Å². The highest BCUT2D eigenvalue weighted by Crippen LogP contribution is 2.41. The van der Waals surface area contributed by atoms with Crippen LogP contribution in [0.5, 0.6) is 0 Å². The van der Waals surface area contributed by atoms with E-state index in [1.54, 1.807) is 6.33 Å². The summed E-state index contributed by atoms with van der Waals surface area (Å²) in [6.45, 7) is 3.34. The maximum absolute atomic E-state index is 4.57. The van der Waals surface area contributed by atoms with E-state index in [1.807, 2.05) is 11.3 Å². The van der Waals surface area contributed by atoms with Crippen LogP contribution < -0.4 is 0 Å². The molecular formula is C16H19N3S. The van der Waals surface area contributed by atoms with Gasteiger partial charge in [0, 0.05) is 42.5 Å². The van der Waals surface area contributed by atoms with E-state index in [0.717, 1.165) is 38.4 Å². The Morgan fingerprint density at radius 2 is 2.10 bits per heavy atom. The highest BCUT2D eigenvalue weighted by atomic mass is 32.1. The van der Waals surface area contributed by atoms with Gasteiger partial charge in [-0.05, 0) is 36.3 Å². The van der Waals surface area contributed by atoms with Crippen molar-refractivity contribution in [3.63, 3.8) is 0 Å². The highest BCUT2D eigenvalue weighted by molar-refractivity contribution is 7.09. The first-order valence-corrected chi connectivity index (χ1v) is 8.35. The second kappa shape index (κ2) is 5.26. The number of rotatable bonds is 3. The molecule has 20 heavy (non-hydrogen) atoms. The Balaban J connectivity index is 1.52. The summed E-state index contributed by atoms with van der Waals surface area (Å²) in [5, 5.41) is 2.17. The first-order valence-electron chi connectivity index (χ1n) is 7.47. The molecule has 0 bridgehead atoms. The van der Waals surface area contributed by atoms with Gasteiger partial charge in [-0.15, -0.1) is 11.3 Å². The molecule has 2 aliphatic rings. The molecule has 2 aromatic heterocycles. The minimum atomic E-state index is 0.732. The van der Waals surface area contributed by atoms with Crippen molar-refractivity contribution in [3.05, 3.63) is 45.7 Å². The van der Waals surface area contributed by atoms with Gasteiger partial charge in [-0.25, -0.2) is 9.97 Å². The number of hydrogen-bond acceptors (Lipinski definition) is 4. The van der Waals surface area contributed by atoms with Crippen molar-refractivity contribution in [2.24, 2.45) is 0 Å². The Labute approximate surface area is 123 Å². The van der Waals surface area contributed by atoms with Crippen LogP contribution in [0, 0.1) is 0 Å². The smallest absolute Gasteiger partial charge is 0.115 e. The quantitative estimate of drug-likeness (QED) is 0.868. The fourth-order valence-electron chi connectivity index (χ4n) is 3.09. The van der Waals surface area contributed by atoms with Crippen LogP contribution in [-0.2, 0) is 19.4 Å². The van der Waals surface area contributed by atoms with Gasteiger partial charge < -0.3 is 0 Å². The number of aromatic nitrogens is 2. The molecule has 0 amide bonds. The molecule has 104 valence electrons. The van der Waals surface area contributed by atoms with E-state index in [2.05, 4.69) is 32.4 Å².